The lowest BCUT2D eigenvalue weighted by molar-refractivity contribution is -0.149. The van der Waals surface area contributed by atoms with Crippen LogP contribution in [0.2, 0.25) is 0 Å². The van der Waals surface area contributed by atoms with Gasteiger partial charge in [-0.1, -0.05) is 12.1 Å². The van der Waals surface area contributed by atoms with E-state index in [0.29, 0.717) is 13.2 Å². The van der Waals surface area contributed by atoms with E-state index in [4.69, 9.17) is 10.5 Å². The summed E-state index contributed by atoms with van der Waals surface area (Å²) in [5.41, 5.74) is 6.96. The molecule has 3 rings (SSSR count). The Kier molecular flexibility index (Phi) is 3.66. The molecule has 2 N–H and O–H groups in total. The van der Waals surface area contributed by atoms with Crippen LogP contribution in [0.1, 0.15) is 38.7 Å². The normalized spacial score (nSPS) is 25.7. The summed E-state index contributed by atoms with van der Waals surface area (Å²) in [6.07, 6.45) is 3.54. The Morgan fingerprint density at radius 3 is 2.71 bits per heavy atom. The minimum absolute atomic E-state index is 0.201. The number of carbonyl (C=O) groups is 1. The Labute approximate surface area is 126 Å². The standard InChI is InChI=1S/C17H24N2O2/c1-17(2,12-6-8-13(18)9-7-12)16(20)19-10-11-21-15-5-3-4-14(15)19/h6-9,14-15H,3-5,10-11,18H2,1-2H3. The molecule has 4 heteroatoms. The monoisotopic (exact) mass is 288 g/mol. The maximum Gasteiger partial charge on any atom is 0.233 e. The highest BCUT2D eigenvalue weighted by Gasteiger charge is 2.43. The molecule has 4 nitrogen and oxygen atoms in total. The molecule has 2 fully saturated rings. The van der Waals surface area contributed by atoms with Crippen LogP contribution < -0.4 is 5.73 Å². The predicted octanol–water partition coefficient (Wildman–Crippen LogP) is 2.33. The second-order valence-corrected chi connectivity index (χ2v) is 6.65. The molecule has 1 amide bonds. The first-order valence-electron chi connectivity index (χ1n) is 7.79. The summed E-state index contributed by atoms with van der Waals surface area (Å²) in [5, 5.41) is 0. The van der Waals surface area contributed by atoms with Crippen molar-refractivity contribution < 1.29 is 9.53 Å². The van der Waals surface area contributed by atoms with Crippen molar-refractivity contribution in [3.63, 3.8) is 0 Å². The quantitative estimate of drug-likeness (QED) is 0.850. The molecule has 1 aromatic carbocycles. The topological polar surface area (TPSA) is 55.6 Å². The van der Waals surface area contributed by atoms with E-state index in [1.807, 2.05) is 38.1 Å². The maximum atomic E-state index is 13.1. The minimum atomic E-state index is -0.530. The van der Waals surface area contributed by atoms with E-state index < -0.39 is 5.41 Å². The molecule has 2 unspecified atom stereocenters. The van der Waals surface area contributed by atoms with E-state index in [9.17, 15) is 4.79 Å². The maximum absolute atomic E-state index is 13.1. The van der Waals surface area contributed by atoms with E-state index in [-0.39, 0.29) is 18.1 Å². The number of nitrogen functional groups attached to an aromatic ring is 1. The van der Waals surface area contributed by atoms with Gasteiger partial charge in [-0.05, 0) is 50.8 Å². The van der Waals surface area contributed by atoms with Crippen LogP contribution >= 0.6 is 0 Å². The summed E-state index contributed by atoms with van der Waals surface area (Å²) in [4.78, 5) is 15.1. The number of nitrogens with zero attached hydrogens (tertiary/aromatic N) is 1. The fourth-order valence-corrected chi connectivity index (χ4v) is 3.56. The molecule has 21 heavy (non-hydrogen) atoms. The van der Waals surface area contributed by atoms with Crippen LogP contribution in [0.4, 0.5) is 5.69 Å². The fourth-order valence-electron chi connectivity index (χ4n) is 3.56. The summed E-state index contributed by atoms with van der Waals surface area (Å²) in [7, 11) is 0. The van der Waals surface area contributed by atoms with Crippen molar-refractivity contribution in [3.8, 4) is 0 Å². The van der Waals surface area contributed by atoms with Crippen LogP contribution in [0.25, 0.3) is 0 Å². The summed E-state index contributed by atoms with van der Waals surface area (Å²) >= 11 is 0. The third-order valence-corrected chi connectivity index (χ3v) is 4.91. The van der Waals surface area contributed by atoms with Crippen LogP contribution in [-0.2, 0) is 14.9 Å². The third kappa shape index (κ3) is 2.53. The van der Waals surface area contributed by atoms with Gasteiger partial charge in [0.05, 0.1) is 24.2 Å². The first-order chi connectivity index (χ1) is 10.00. The number of nitrogens with two attached hydrogens (primary N) is 1. The summed E-state index contributed by atoms with van der Waals surface area (Å²) < 4.78 is 5.81. The molecule has 1 aliphatic carbocycles. The van der Waals surface area contributed by atoms with Crippen molar-refractivity contribution in [2.45, 2.75) is 50.7 Å². The van der Waals surface area contributed by atoms with Crippen LogP contribution in [0.15, 0.2) is 24.3 Å². The van der Waals surface area contributed by atoms with E-state index in [2.05, 4.69) is 4.90 Å². The number of benzene rings is 1. The van der Waals surface area contributed by atoms with Crippen molar-refractivity contribution in [2.24, 2.45) is 0 Å². The zero-order chi connectivity index (χ0) is 15.0. The molecule has 2 atom stereocenters. The molecule has 1 heterocycles. The van der Waals surface area contributed by atoms with Crippen molar-refractivity contribution in [1.29, 1.82) is 0 Å². The lowest BCUT2D eigenvalue weighted by atomic mass is 9.82. The molecule has 114 valence electrons. The third-order valence-electron chi connectivity index (χ3n) is 4.91. The van der Waals surface area contributed by atoms with Crippen molar-refractivity contribution in [2.75, 3.05) is 18.9 Å². The van der Waals surface area contributed by atoms with Gasteiger partial charge >= 0.3 is 0 Å². The number of rotatable bonds is 2. The molecule has 0 spiro atoms. The number of ether oxygens (including phenoxy) is 1. The van der Waals surface area contributed by atoms with E-state index in [1.54, 1.807) is 0 Å². The first-order valence-corrected chi connectivity index (χ1v) is 7.79. The molecule has 0 bridgehead atoms. The lowest BCUT2D eigenvalue weighted by Gasteiger charge is -2.41. The second kappa shape index (κ2) is 5.34. The SMILES string of the molecule is CC(C)(C(=O)N1CCOC2CCCC21)c1ccc(N)cc1. The summed E-state index contributed by atoms with van der Waals surface area (Å²) in [6, 6.07) is 7.91. The van der Waals surface area contributed by atoms with Gasteiger partial charge < -0.3 is 15.4 Å². The Balaban J connectivity index is 1.84. The van der Waals surface area contributed by atoms with Gasteiger partial charge in [0.2, 0.25) is 5.91 Å². The molecule has 1 saturated carbocycles. The number of carbonyl (C=O) groups excluding carboxylic acids is 1. The fraction of sp³-hybridized carbons (Fsp3) is 0.588. The Morgan fingerprint density at radius 2 is 2.00 bits per heavy atom. The molecule has 0 radical (unpaired) electrons. The highest BCUT2D eigenvalue weighted by atomic mass is 16.5. The molecule has 2 aliphatic rings. The number of morpholine rings is 1. The van der Waals surface area contributed by atoms with Gasteiger partial charge in [-0.15, -0.1) is 0 Å². The van der Waals surface area contributed by atoms with Crippen LogP contribution in [0.5, 0.6) is 0 Å². The van der Waals surface area contributed by atoms with Crippen molar-refractivity contribution >= 4 is 11.6 Å². The van der Waals surface area contributed by atoms with Gasteiger partial charge in [0.25, 0.3) is 0 Å². The van der Waals surface area contributed by atoms with Gasteiger partial charge in [-0.3, -0.25) is 4.79 Å². The van der Waals surface area contributed by atoms with E-state index >= 15 is 0 Å². The number of hydrogen-bond acceptors (Lipinski definition) is 3. The predicted molar refractivity (Wildman–Crippen MR) is 83.0 cm³/mol. The van der Waals surface area contributed by atoms with E-state index in [1.165, 1.54) is 0 Å². The molecule has 1 aliphatic heterocycles. The highest BCUT2D eigenvalue weighted by Crippen LogP contribution is 2.34. The molecular weight excluding hydrogens is 264 g/mol. The summed E-state index contributed by atoms with van der Waals surface area (Å²) in [5.74, 6) is 0.201. The van der Waals surface area contributed by atoms with Gasteiger partial charge in [-0.2, -0.15) is 0 Å². The first kappa shape index (κ1) is 14.4. The molecular formula is C17H24N2O2. The molecule has 1 saturated heterocycles. The average Bonchev–Trinajstić information content (AvgIpc) is 2.95. The average molecular weight is 288 g/mol. The van der Waals surface area contributed by atoms with Gasteiger partial charge in [0.1, 0.15) is 0 Å². The van der Waals surface area contributed by atoms with Crippen LogP contribution in [0, 0.1) is 0 Å². The van der Waals surface area contributed by atoms with Crippen LogP contribution in [-0.4, -0.2) is 36.1 Å². The van der Waals surface area contributed by atoms with Gasteiger partial charge in [0.15, 0.2) is 0 Å². The summed E-state index contributed by atoms with van der Waals surface area (Å²) in [6.45, 7) is 5.36. The van der Waals surface area contributed by atoms with Gasteiger partial charge in [-0.25, -0.2) is 0 Å². The Hall–Kier alpha value is -1.55. The number of anilines is 1. The van der Waals surface area contributed by atoms with Crippen molar-refractivity contribution in [1.82, 2.24) is 4.90 Å². The minimum Gasteiger partial charge on any atom is -0.399 e. The number of fused-ring (bicyclic) bond motifs is 1. The Bertz CT molecular complexity index is 524. The zero-order valence-corrected chi connectivity index (χ0v) is 12.8. The van der Waals surface area contributed by atoms with E-state index in [0.717, 1.165) is 30.5 Å². The van der Waals surface area contributed by atoms with Gasteiger partial charge in [0, 0.05) is 12.2 Å². The number of hydrogen-bond donors (Lipinski definition) is 1. The second-order valence-electron chi connectivity index (χ2n) is 6.65. The largest absolute Gasteiger partial charge is 0.399 e. The molecule has 0 aromatic heterocycles. The highest BCUT2D eigenvalue weighted by molar-refractivity contribution is 5.88. The zero-order valence-electron chi connectivity index (χ0n) is 12.8. The number of amides is 1. The van der Waals surface area contributed by atoms with Crippen molar-refractivity contribution in [3.05, 3.63) is 29.8 Å². The smallest absolute Gasteiger partial charge is 0.233 e. The van der Waals surface area contributed by atoms with Crippen LogP contribution in [0.3, 0.4) is 0 Å². The molecule has 1 aromatic rings. The lowest BCUT2D eigenvalue weighted by Crippen LogP contribution is -2.55. The Morgan fingerprint density at radius 1 is 1.29 bits per heavy atom.